The van der Waals surface area contributed by atoms with Gasteiger partial charge in [-0.1, -0.05) is 18.2 Å². The molecule has 2 aliphatic rings. The molecule has 6 heteroatoms. The van der Waals surface area contributed by atoms with Crippen LogP contribution in [0.5, 0.6) is 0 Å². The number of hydrogen-bond acceptors (Lipinski definition) is 2. The largest absolute Gasteiger partial charge is 0.416 e. The number of hydrogen-bond donors (Lipinski definition) is 1. The number of alkyl halides is 3. The standard InChI is InChI=1S/C19H25F3N2O/c1-23-10-5-14-6-11-24(12-7-14)17(25)18(8-9-18)15-3-2-4-16(13-15)19(20,21)22/h2-4,13-14,23H,5-12H2,1H3. The smallest absolute Gasteiger partial charge is 0.342 e. The second kappa shape index (κ2) is 6.98. The highest BCUT2D eigenvalue weighted by Crippen LogP contribution is 2.50. The van der Waals surface area contributed by atoms with Crippen LogP contribution < -0.4 is 5.32 Å². The summed E-state index contributed by atoms with van der Waals surface area (Å²) in [6, 6.07) is 5.30. The molecule has 1 aliphatic heterocycles. The Balaban J connectivity index is 1.69. The van der Waals surface area contributed by atoms with E-state index in [1.807, 2.05) is 11.9 Å². The molecule has 1 saturated heterocycles. The van der Waals surface area contributed by atoms with Gasteiger partial charge in [-0.25, -0.2) is 0 Å². The van der Waals surface area contributed by atoms with E-state index in [-0.39, 0.29) is 5.91 Å². The van der Waals surface area contributed by atoms with Crippen molar-refractivity contribution in [3.05, 3.63) is 35.4 Å². The zero-order valence-corrected chi connectivity index (χ0v) is 14.5. The average Bonchev–Trinajstić information content (AvgIpc) is 3.41. The van der Waals surface area contributed by atoms with E-state index in [0.717, 1.165) is 37.9 Å². The van der Waals surface area contributed by atoms with Crippen molar-refractivity contribution in [1.29, 1.82) is 0 Å². The van der Waals surface area contributed by atoms with Crippen LogP contribution in [0.2, 0.25) is 0 Å². The number of piperidine rings is 1. The monoisotopic (exact) mass is 354 g/mol. The Hall–Kier alpha value is -1.56. The summed E-state index contributed by atoms with van der Waals surface area (Å²) in [7, 11) is 1.94. The summed E-state index contributed by atoms with van der Waals surface area (Å²) in [5.41, 5.74) is -0.876. The minimum absolute atomic E-state index is 0.0129. The van der Waals surface area contributed by atoms with Crippen molar-refractivity contribution in [3.8, 4) is 0 Å². The molecule has 138 valence electrons. The highest BCUT2D eigenvalue weighted by molar-refractivity contribution is 5.91. The molecule has 0 aromatic heterocycles. The molecule has 1 amide bonds. The molecule has 25 heavy (non-hydrogen) atoms. The number of nitrogens with one attached hydrogen (secondary N) is 1. The maximum absolute atomic E-state index is 13.0. The van der Waals surface area contributed by atoms with Gasteiger partial charge in [0.25, 0.3) is 0 Å². The maximum atomic E-state index is 13.0. The first-order chi connectivity index (χ1) is 11.9. The minimum atomic E-state index is -4.37. The van der Waals surface area contributed by atoms with Crippen LogP contribution in [0.4, 0.5) is 13.2 Å². The number of amides is 1. The number of nitrogens with zero attached hydrogens (tertiary/aromatic N) is 1. The lowest BCUT2D eigenvalue weighted by molar-refractivity contribution is -0.138. The van der Waals surface area contributed by atoms with E-state index in [1.54, 1.807) is 6.07 Å². The second-order valence-corrected chi connectivity index (χ2v) is 7.29. The second-order valence-electron chi connectivity index (χ2n) is 7.29. The molecule has 2 fully saturated rings. The molecule has 0 radical (unpaired) electrons. The third-order valence-electron chi connectivity index (χ3n) is 5.61. The highest BCUT2D eigenvalue weighted by Gasteiger charge is 2.53. The Morgan fingerprint density at radius 3 is 2.52 bits per heavy atom. The Morgan fingerprint density at radius 1 is 1.28 bits per heavy atom. The summed E-state index contributed by atoms with van der Waals surface area (Å²) in [6.45, 7) is 2.41. The zero-order valence-electron chi connectivity index (χ0n) is 14.5. The van der Waals surface area contributed by atoms with Crippen LogP contribution in [0.1, 0.15) is 43.2 Å². The topological polar surface area (TPSA) is 32.3 Å². The summed E-state index contributed by atoms with van der Waals surface area (Å²) in [4.78, 5) is 14.9. The third kappa shape index (κ3) is 3.84. The Bertz CT molecular complexity index is 617. The van der Waals surface area contributed by atoms with Gasteiger partial charge in [-0.2, -0.15) is 13.2 Å². The number of benzene rings is 1. The summed E-state index contributed by atoms with van der Waals surface area (Å²) in [6.07, 6.45) is -0.0179. The van der Waals surface area contributed by atoms with Gasteiger partial charge in [0.05, 0.1) is 11.0 Å². The molecule has 3 rings (SSSR count). The van der Waals surface area contributed by atoms with Crippen LogP contribution in [-0.2, 0) is 16.4 Å². The van der Waals surface area contributed by atoms with E-state index in [1.165, 1.54) is 6.07 Å². The molecular weight excluding hydrogens is 329 g/mol. The molecule has 0 bridgehead atoms. The van der Waals surface area contributed by atoms with Crippen molar-refractivity contribution >= 4 is 5.91 Å². The number of halogens is 3. The SMILES string of the molecule is CNCCC1CCN(C(=O)C2(c3cccc(C(F)(F)F)c3)CC2)CC1. The van der Waals surface area contributed by atoms with Crippen molar-refractivity contribution in [1.82, 2.24) is 10.2 Å². The summed E-state index contributed by atoms with van der Waals surface area (Å²) >= 11 is 0. The van der Waals surface area contributed by atoms with Crippen molar-refractivity contribution < 1.29 is 18.0 Å². The Kier molecular flexibility index (Phi) is 5.09. The number of likely N-dealkylation sites (tertiary alicyclic amines) is 1. The zero-order chi connectivity index (χ0) is 18.1. The van der Waals surface area contributed by atoms with E-state index in [0.29, 0.717) is 37.4 Å². The van der Waals surface area contributed by atoms with Gasteiger partial charge in [-0.15, -0.1) is 0 Å². The fourth-order valence-electron chi connectivity index (χ4n) is 3.82. The first kappa shape index (κ1) is 18.2. The van der Waals surface area contributed by atoms with E-state index < -0.39 is 17.2 Å². The average molecular weight is 354 g/mol. The lowest BCUT2D eigenvalue weighted by Gasteiger charge is -2.34. The van der Waals surface area contributed by atoms with Gasteiger partial charge in [0.15, 0.2) is 0 Å². The molecule has 0 spiro atoms. The number of rotatable bonds is 5. The van der Waals surface area contributed by atoms with Crippen LogP contribution in [0.3, 0.4) is 0 Å². The molecule has 1 heterocycles. The van der Waals surface area contributed by atoms with Crippen molar-refractivity contribution in [3.63, 3.8) is 0 Å². The molecular formula is C19H25F3N2O. The molecule has 0 unspecified atom stereocenters. The van der Waals surface area contributed by atoms with Gasteiger partial charge in [-0.05, 0) is 63.2 Å². The first-order valence-corrected chi connectivity index (χ1v) is 8.98. The lowest BCUT2D eigenvalue weighted by atomic mass is 9.89. The van der Waals surface area contributed by atoms with Gasteiger partial charge in [0.1, 0.15) is 0 Å². The predicted octanol–water partition coefficient (Wildman–Crippen LogP) is 3.59. The minimum Gasteiger partial charge on any atom is -0.342 e. The van der Waals surface area contributed by atoms with Gasteiger partial charge >= 0.3 is 6.18 Å². The normalized spacial score (nSPS) is 20.6. The summed E-state index contributed by atoms with van der Waals surface area (Å²) < 4.78 is 38.9. The predicted molar refractivity (Wildman–Crippen MR) is 90.2 cm³/mol. The molecule has 1 saturated carbocycles. The van der Waals surface area contributed by atoms with Crippen LogP contribution in [0.15, 0.2) is 24.3 Å². The lowest BCUT2D eigenvalue weighted by Crippen LogP contribution is -2.44. The Labute approximate surface area is 146 Å². The van der Waals surface area contributed by atoms with Crippen molar-refractivity contribution in [2.75, 3.05) is 26.7 Å². The van der Waals surface area contributed by atoms with Crippen LogP contribution >= 0.6 is 0 Å². The van der Waals surface area contributed by atoms with Gasteiger partial charge in [0.2, 0.25) is 5.91 Å². The summed E-state index contributed by atoms with van der Waals surface area (Å²) in [5, 5.41) is 3.15. The van der Waals surface area contributed by atoms with E-state index in [9.17, 15) is 18.0 Å². The fourth-order valence-corrected chi connectivity index (χ4v) is 3.82. The molecule has 1 N–H and O–H groups in total. The van der Waals surface area contributed by atoms with Crippen LogP contribution in [-0.4, -0.2) is 37.5 Å². The fraction of sp³-hybridized carbons (Fsp3) is 0.632. The third-order valence-corrected chi connectivity index (χ3v) is 5.61. The molecule has 1 aromatic rings. The van der Waals surface area contributed by atoms with Crippen molar-refractivity contribution in [2.45, 2.75) is 43.7 Å². The highest BCUT2D eigenvalue weighted by atomic mass is 19.4. The van der Waals surface area contributed by atoms with E-state index in [4.69, 9.17) is 0 Å². The quantitative estimate of drug-likeness (QED) is 0.877. The van der Waals surface area contributed by atoms with Gasteiger partial charge in [-0.3, -0.25) is 4.79 Å². The van der Waals surface area contributed by atoms with Gasteiger partial charge in [0, 0.05) is 13.1 Å². The molecule has 1 aromatic carbocycles. The number of carbonyl (C=O) groups is 1. The summed E-state index contributed by atoms with van der Waals surface area (Å²) in [5.74, 6) is 0.638. The molecule has 0 atom stereocenters. The molecule has 1 aliphatic carbocycles. The van der Waals surface area contributed by atoms with E-state index >= 15 is 0 Å². The van der Waals surface area contributed by atoms with Crippen LogP contribution in [0, 0.1) is 5.92 Å². The maximum Gasteiger partial charge on any atom is 0.416 e. The molecule has 3 nitrogen and oxygen atoms in total. The van der Waals surface area contributed by atoms with E-state index in [2.05, 4.69) is 5.32 Å². The van der Waals surface area contributed by atoms with Crippen molar-refractivity contribution in [2.24, 2.45) is 5.92 Å². The van der Waals surface area contributed by atoms with Gasteiger partial charge < -0.3 is 10.2 Å². The number of carbonyl (C=O) groups excluding carboxylic acids is 1. The Morgan fingerprint density at radius 2 is 1.96 bits per heavy atom. The first-order valence-electron chi connectivity index (χ1n) is 8.98. The van der Waals surface area contributed by atoms with Crippen LogP contribution in [0.25, 0.3) is 0 Å².